The molecule has 0 fully saturated rings. The van der Waals surface area contributed by atoms with Crippen LogP contribution in [0.3, 0.4) is 0 Å². The van der Waals surface area contributed by atoms with E-state index in [1.165, 1.54) is 35.4 Å². The van der Waals surface area contributed by atoms with Crippen LogP contribution < -0.4 is 0 Å². The zero-order valence-corrected chi connectivity index (χ0v) is 44.2. The topological polar surface area (TPSA) is 0 Å². The molecule has 0 aliphatic carbocycles. The van der Waals surface area contributed by atoms with Crippen molar-refractivity contribution in [1.82, 2.24) is 0 Å². The van der Waals surface area contributed by atoms with E-state index < -0.39 is 34.1 Å². The molecule has 0 bridgehead atoms. The molecule has 0 N–H and O–H groups in total. The Balaban J connectivity index is 0.000000400. The Bertz CT molecular complexity index is 2170. The zero-order valence-electron chi connectivity index (χ0n) is 41.1. The van der Waals surface area contributed by atoms with Gasteiger partial charge in [0.15, 0.2) is 0 Å². The van der Waals surface area contributed by atoms with Gasteiger partial charge in [-0.3, -0.25) is 0 Å². The third kappa shape index (κ3) is 17.2. The summed E-state index contributed by atoms with van der Waals surface area (Å²) in [4.78, 5) is 0. The minimum absolute atomic E-state index is 0.0358. The lowest BCUT2D eigenvalue weighted by Crippen LogP contribution is -2.16. The molecule has 0 heterocycles. The van der Waals surface area contributed by atoms with Crippen molar-refractivity contribution < 1.29 is 26.3 Å². The SMILES string of the molecule is CC(C)(C)c1c(F)ccc(Cl)c1F.Cc1cc(F)c(C(C)(C)C)c(F)c1.Cc1ccc(Cl)c(F)c1C(C)(C)C.Cc1ccc(Cl)c(F)c1C(C)(C)C.Cc1ccc(Cl)cc1C(C)(C)C. The first-order valence-electron chi connectivity index (χ1n) is 21.0. The number of rotatable bonds is 0. The molecule has 5 aromatic rings. The van der Waals surface area contributed by atoms with Crippen molar-refractivity contribution in [3.05, 3.63) is 172 Å². The lowest BCUT2D eigenvalue weighted by atomic mass is 9.84. The Hall–Kier alpha value is -3.16. The molecule has 0 saturated carbocycles. The normalized spacial score (nSPS) is 11.8. The highest BCUT2D eigenvalue weighted by Gasteiger charge is 2.26. The van der Waals surface area contributed by atoms with Crippen molar-refractivity contribution in [1.29, 1.82) is 0 Å². The molecule has 5 rings (SSSR count). The monoisotopic (exact) mass is 970 g/mol. The van der Waals surface area contributed by atoms with Gasteiger partial charge in [-0.1, -0.05) is 168 Å². The van der Waals surface area contributed by atoms with Crippen molar-refractivity contribution >= 4 is 46.4 Å². The first-order valence-corrected chi connectivity index (χ1v) is 22.5. The summed E-state index contributed by atoms with van der Waals surface area (Å²) in [5, 5.41) is 1.20. The number of benzene rings is 5. The highest BCUT2D eigenvalue weighted by Crippen LogP contribution is 2.34. The second kappa shape index (κ2) is 23.0. The molecule has 0 atom stereocenters. The van der Waals surface area contributed by atoms with E-state index in [0.717, 1.165) is 16.1 Å². The van der Waals surface area contributed by atoms with Crippen LogP contribution >= 0.6 is 46.4 Å². The van der Waals surface area contributed by atoms with Crippen molar-refractivity contribution in [2.24, 2.45) is 0 Å². The standard InChI is InChI=1S/2C11H14ClF.C11H15Cl.C11H14F2.C10H11ClF2/c2*1-7-5-6-8(12)10(13)9(7)11(2,3)4;1-8-5-6-9(12)7-10(8)11(2,3)4;1-7-5-8(12)10(9(13)6-7)11(2,3)4;1-10(2,3)8-7(12)5-4-6(11)9(8)13/h2*5-6H,1-4H3;5-7H,1-4H3;5-6H,1-4H3;4-5H,1-3H3. The summed E-state index contributed by atoms with van der Waals surface area (Å²) < 4.78 is 80.6. The molecule has 0 spiro atoms. The van der Waals surface area contributed by atoms with Crippen LogP contribution in [0.15, 0.2) is 66.7 Å². The van der Waals surface area contributed by atoms with E-state index >= 15 is 0 Å². The van der Waals surface area contributed by atoms with Crippen LogP contribution in [0.5, 0.6) is 0 Å². The Kier molecular flexibility index (Phi) is 21.2. The van der Waals surface area contributed by atoms with Crippen LogP contribution in [-0.4, -0.2) is 0 Å². The number of hydrogen-bond acceptors (Lipinski definition) is 0. The molecule has 5 aromatic carbocycles. The summed E-state index contributed by atoms with van der Waals surface area (Å²) in [7, 11) is 0. The molecule has 0 amide bonds. The summed E-state index contributed by atoms with van der Waals surface area (Å²) in [6.45, 7) is 36.7. The van der Waals surface area contributed by atoms with Crippen molar-refractivity contribution in [3.63, 3.8) is 0 Å². The third-order valence-electron chi connectivity index (χ3n) is 9.84. The van der Waals surface area contributed by atoms with Gasteiger partial charge in [-0.25, -0.2) is 26.3 Å². The molecule has 354 valence electrons. The van der Waals surface area contributed by atoms with Crippen LogP contribution in [0, 0.1) is 62.6 Å². The van der Waals surface area contributed by atoms with E-state index in [1.54, 1.807) is 60.6 Å². The quantitative estimate of drug-likeness (QED) is 0.107. The van der Waals surface area contributed by atoms with Crippen LogP contribution in [-0.2, 0) is 27.1 Å². The molecule has 0 unspecified atom stereocenters. The fraction of sp³-hybridized carbons (Fsp3) is 0.444. The Labute approximate surface area is 401 Å². The first-order chi connectivity index (χ1) is 28.7. The molecular weight excluding hydrogens is 904 g/mol. The average molecular weight is 973 g/mol. The minimum Gasteiger partial charge on any atom is -0.207 e. The van der Waals surface area contributed by atoms with E-state index in [0.29, 0.717) is 16.7 Å². The Morgan fingerprint density at radius 1 is 0.328 bits per heavy atom. The Morgan fingerprint density at radius 2 is 0.641 bits per heavy atom. The van der Waals surface area contributed by atoms with Gasteiger partial charge in [0.25, 0.3) is 0 Å². The van der Waals surface area contributed by atoms with Gasteiger partial charge in [0.2, 0.25) is 0 Å². The molecule has 64 heavy (non-hydrogen) atoms. The Morgan fingerprint density at radius 3 is 0.922 bits per heavy atom. The molecule has 0 saturated heterocycles. The van der Waals surface area contributed by atoms with E-state index in [1.807, 2.05) is 73.6 Å². The number of aryl methyl sites for hydroxylation is 4. The van der Waals surface area contributed by atoms with Crippen molar-refractivity contribution in [2.45, 2.75) is 159 Å². The van der Waals surface area contributed by atoms with E-state index in [9.17, 15) is 26.3 Å². The molecule has 0 radical (unpaired) electrons. The van der Waals surface area contributed by atoms with Gasteiger partial charge >= 0.3 is 0 Å². The van der Waals surface area contributed by atoms with Crippen LogP contribution in [0.1, 0.15) is 154 Å². The van der Waals surface area contributed by atoms with Crippen LogP contribution in [0.25, 0.3) is 0 Å². The molecule has 0 aromatic heterocycles. The predicted octanol–water partition coefficient (Wildman–Crippen LogP) is 19.6. The van der Waals surface area contributed by atoms with Gasteiger partial charge in [-0.2, -0.15) is 0 Å². The van der Waals surface area contributed by atoms with Gasteiger partial charge in [-0.05, 0) is 142 Å². The van der Waals surface area contributed by atoms with E-state index in [4.69, 9.17) is 46.4 Å². The van der Waals surface area contributed by atoms with Gasteiger partial charge in [0.05, 0.1) is 15.1 Å². The minimum atomic E-state index is -0.658. The highest BCUT2D eigenvalue weighted by atomic mass is 35.5. The van der Waals surface area contributed by atoms with Gasteiger partial charge in [-0.15, -0.1) is 0 Å². The van der Waals surface area contributed by atoms with Crippen LogP contribution in [0.4, 0.5) is 26.3 Å². The maximum Gasteiger partial charge on any atom is 0.148 e. The van der Waals surface area contributed by atoms with Gasteiger partial charge in [0.1, 0.15) is 34.9 Å². The van der Waals surface area contributed by atoms with Crippen molar-refractivity contribution in [2.75, 3.05) is 0 Å². The summed E-state index contributed by atoms with van der Waals surface area (Å²) in [6, 6.07) is 18.1. The fourth-order valence-corrected chi connectivity index (χ4v) is 7.81. The largest absolute Gasteiger partial charge is 0.207 e. The molecule has 0 aliphatic heterocycles. The maximum absolute atomic E-state index is 13.6. The van der Waals surface area contributed by atoms with Crippen molar-refractivity contribution in [3.8, 4) is 0 Å². The average Bonchev–Trinajstić information content (AvgIpc) is 3.09. The molecule has 0 aliphatic rings. The van der Waals surface area contributed by atoms with E-state index in [2.05, 4.69) is 39.8 Å². The lowest BCUT2D eigenvalue weighted by molar-refractivity contribution is 0.474. The second-order valence-electron chi connectivity index (χ2n) is 21.1. The predicted molar refractivity (Wildman–Crippen MR) is 264 cm³/mol. The molecule has 0 nitrogen and oxygen atoms in total. The first kappa shape index (κ1) is 58.9. The number of halogens is 10. The zero-order chi connectivity index (χ0) is 50.2. The molecular formula is C54H68Cl4F6. The summed E-state index contributed by atoms with van der Waals surface area (Å²) >= 11 is 22.9. The summed E-state index contributed by atoms with van der Waals surface area (Å²) in [5.74, 6) is -2.68. The highest BCUT2D eigenvalue weighted by molar-refractivity contribution is 6.31. The smallest absolute Gasteiger partial charge is 0.148 e. The van der Waals surface area contributed by atoms with Gasteiger partial charge in [0, 0.05) is 16.1 Å². The fourth-order valence-electron chi connectivity index (χ4n) is 7.17. The molecule has 10 heteroatoms. The second-order valence-corrected chi connectivity index (χ2v) is 22.8. The van der Waals surface area contributed by atoms with Crippen LogP contribution in [0.2, 0.25) is 20.1 Å². The summed E-state index contributed by atoms with van der Waals surface area (Å²) in [6.07, 6.45) is 0. The van der Waals surface area contributed by atoms with E-state index in [-0.39, 0.29) is 54.1 Å². The number of hydrogen-bond donors (Lipinski definition) is 0. The lowest BCUT2D eigenvalue weighted by Gasteiger charge is -2.22. The van der Waals surface area contributed by atoms with Gasteiger partial charge < -0.3 is 0 Å². The third-order valence-corrected chi connectivity index (χ3v) is 11.0. The summed E-state index contributed by atoms with van der Waals surface area (Å²) in [5.41, 5.74) is 5.53. The maximum atomic E-state index is 13.6.